The van der Waals surface area contributed by atoms with Crippen molar-refractivity contribution in [1.29, 1.82) is 0 Å². The van der Waals surface area contributed by atoms with Gasteiger partial charge in [-0.05, 0) is 29.7 Å². The summed E-state index contributed by atoms with van der Waals surface area (Å²) in [6.07, 6.45) is 4.82. The Hall–Kier alpha value is -2.14. The van der Waals surface area contributed by atoms with Gasteiger partial charge in [0.05, 0.1) is 6.61 Å². The molecule has 2 aliphatic heterocycles. The first kappa shape index (κ1) is 14.5. The molecule has 0 unspecified atom stereocenters. The molecule has 0 amide bonds. The first-order valence-corrected chi connectivity index (χ1v) is 8.28. The van der Waals surface area contributed by atoms with Crippen molar-refractivity contribution in [3.8, 4) is 5.75 Å². The predicted molar refractivity (Wildman–Crippen MR) is 89.9 cm³/mol. The number of hydrogen-bond donors (Lipinski definition) is 0. The van der Waals surface area contributed by atoms with Gasteiger partial charge in [-0.15, -0.1) is 0 Å². The predicted octanol–water partition coefficient (Wildman–Crippen LogP) is 2.04. The van der Waals surface area contributed by atoms with Crippen LogP contribution in [0.15, 0.2) is 30.6 Å². The third-order valence-corrected chi connectivity index (χ3v) is 4.59. The molecule has 120 valence electrons. The van der Waals surface area contributed by atoms with Crippen LogP contribution in [0.2, 0.25) is 0 Å². The Bertz CT molecular complexity index is 678. The van der Waals surface area contributed by atoms with Crippen LogP contribution in [0.1, 0.15) is 16.7 Å². The minimum absolute atomic E-state index is 0.827. The monoisotopic (exact) mass is 310 g/mol. The van der Waals surface area contributed by atoms with E-state index in [4.69, 9.17) is 4.74 Å². The normalized spacial score (nSPS) is 17.9. The van der Waals surface area contributed by atoms with E-state index in [1.165, 1.54) is 11.1 Å². The van der Waals surface area contributed by atoms with E-state index in [1.807, 2.05) is 19.3 Å². The summed E-state index contributed by atoms with van der Waals surface area (Å²) < 4.78 is 5.67. The van der Waals surface area contributed by atoms with Gasteiger partial charge in [-0.2, -0.15) is 0 Å². The summed E-state index contributed by atoms with van der Waals surface area (Å²) in [5, 5.41) is 0. The zero-order valence-electron chi connectivity index (χ0n) is 13.5. The van der Waals surface area contributed by atoms with Gasteiger partial charge in [0.15, 0.2) is 0 Å². The van der Waals surface area contributed by atoms with Crippen LogP contribution in [0.3, 0.4) is 0 Å². The highest BCUT2D eigenvalue weighted by molar-refractivity contribution is 5.40. The minimum atomic E-state index is 0.827. The van der Waals surface area contributed by atoms with Gasteiger partial charge < -0.3 is 9.64 Å². The highest BCUT2D eigenvalue weighted by Crippen LogP contribution is 2.26. The number of rotatable bonds is 3. The van der Waals surface area contributed by atoms with E-state index in [1.54, 1.807) is 0 Å². The number of hydrogen-bond acceptors (Lipinski definition) is 5. The molecule has 5 heteroatoms. The second-order valence-corrected chi connectivity index (χ2v) is 6.36. The molecule has 0 spiro atoms. The molecule has 0 saturated carbocycles. The molecule has 0 N–H and O–H groups in total. The first-order chi connectivity index (χ1) is 11.3. The van der Waals surface area contributed by atoms with Gasteiger partial charge in [0, 0.05) is 51.5 Å². The molecule has 2 aliphatic rings. The van der Waals surface area contributed by atoms with Gasteiger partial charge in [0.2, 0.25) is 5.95 Å². The van der Waals surface area contributed by atoms with Crippen LogP contribution in [-0.4, -0.2) is 47.7 Å². The minimum Gasteiger partial charge on any atom is -0.493 e. The molecule has 0 bridgehead atoms. The number of nitrogens with zero attached hydrogens (tertiary/aromatic N) is 4. The average molecular weight is 310 g/mol. The maximum atomic E-state index is 5.67. The molecule has 1 fully saturated rings. The van der Waals surface area contributed by atoms with Crippen LogP contribution in [0.4, 0.5) is 5.95 Å². The fourth-order valence-corrected chi connectivity index (χ4v) is 3.22. The van der Waals surface area contributed by atoms with Gasteiger partial charge in [-0.3, -0.25) is 4.90 Å². The van der Waals surface area contributed by atoms with E-state index in [-0.39, 0.29) is 0 Å². The molecule has 2 aromatic rings. The molecule has 1 aromatic carbocycles. The smallest absolute Gasteiger partial charge is 0.225 e. The Morgan fingerprint density at radius 2 is 1.87 bits per heavy atom. The summed E-state index contributed by atoms with van der Waals surface area (Å²) in [5.41, 5.74) is 3.78. The number of aryl methyl sites for hydroxylation is 1. The third kappa shape index (κ3) is 3.15. The maximum Gasteiger partial charge on any atom is 0.225 e. The van der Waals surface area contributed by atoms with Gasteiger partial charge in [-0.25, -0.2) is 9.97 Å². The standard InChI is InChI=1S/C18H22N4O/c1-14-11-19-18(20-12-14)22-7-5-21(6-8-22)13-15-2-3-16-4-9-23-17(16)10-15/h2-3,10-12H,4-9,13H2,1H3. The summed E-state index contributed by atoms with van der Waals surface area (Å²) in [4.78, 5) is 13.6. The van der Waals surface area contributed by atoms with Gasteiger partial charge >= 0.3 is 0 Å². The van der Waals surface area contributed by atoms with Crippen molar-refractivity contribution in [2.45, 2.75) is 19.9 Å². The lowest BCUT2D eigenvalue weighted by Crippen LogP contribution is -2.46. The molecule has 5 nitrogen and oxygen atoms in total. The first-order valence-electron chi connectivity index (χ1n) is 8.28. The van der Waals surface area contributed by atoms with Crippen LogP contribution >= 0.6 is 0 Å². The lowest BCUT2D eigenvalue weighted by Gasteiger charge is -2.34. The SMILES string of the molecule is Cc1cnc(N2CCN(Cc3ccc4c(c3)OCC4)CC2)nc1. The lowest BCUT2D eigenvalue weighted by atomic mass is 10.1. The molecular weight excluding hydrogens is 288 g/mol. The fourth-order valence-electron chi connectivity index (χ4n) is 3.22. The molecule has 0 atom stereocenters. The Balaban J connectivity index is 1.35. The molecule has 1 aromatic heterocycles. The quantitative estimate of drug-likeness (QED) is 0.868. The van der Waals surface area contributed by atoms with E-state index in [0.717, 1.165) is 63.0 Å². The third-order valence-electron chi connectivity index (χ3n) is 4.59. The van der Waals surface area contributed by atoms with Crippen LogP contribution in [0.25, 0.3) is 0 Å². The van der Waals surface area contributed by atoms with E-state index < -0.39 is 0 Å². The van der Waals surface area contributed by atoms with Gasteiger partial charge in [0.1, 0.15) is 5.75 Å². The second kappa shape index (κ2) is 6.16. The number of ether oxygens (including phenoxy) is 1. The summed E-state index contributed by atoms with van der Waals surface area (Å²) in [7, 11) is 0. The molecule has 4 rings (SSSR count). The van der Waals surface area contributed by atoms with Crippen molar-refractivity contribution in [2.24, 2.45) is 0 Å². The maximum absolute atomic E-state index is 5.67. The van der Waals surface area contributed by atoms with Crippen LogP contribution in [-0.2, 0) is 13.0 Å². The molecule has 0 radical (unpaired) electrons. The number of benzene rings is 1. The molecular formula is C18H22N4O. The van der Waals surface area contributed by atoms with Crippen molar-refractivity contribution in [3.05, 3.63) is 47.3 Å². The van der Waals surface area contributed by atoms with Crippen LogP contribution in [0, 0.1) is 6.92 Å². The summed E-state index contributed by atoms with van der Waals surface area (Å²) in [6, 6.07) is 6.66. The van der Waals surface area contributed by atoms with E-state index >= 15 is 0 Å². The molecule has 1 saturated heterocycles. The van der Waals surface area contributed by atoms with E-state index in [9.17, 15) is 0 Å². The van der Waals surface area contributed by atoms with Crippen molar-refractivity contribution in [2.75, 3.05) is 37.7 Å². The van der Waals surface area contributed by atoms with Crippen LogP contribution < -0.4 is 9.64 Å². The van der Waals surface area contributed by atoms with Crippen molar-refractivity contribution in [3.63, 3.8) is 0 Å². The Labute approximate surface area is 136 Å². The van der Waals surface area contributed by atoms with Crippen molar-refractivity contribution >= 4 is 5.95 Å². The molecule has 0 aliphatic carbocycles. The van der Waals surface area contributed by atoms with E-state index in [2.05, 4.69) is 38.0 Å². The van der Waals surface area contributed by atoms with Gasteiger partial charge in [-0.1, -0.05) is 12.1 Å². The lowest BCUT2D eigenvalue weighted by molar-refractivity contribution is 0.248. The summed E-state index contributed by atoms with van der Waals surface area (Å²) in [5.74, 6) is 1.93. The Morgan fingerprint density at radius 3 is 2.65 bits per heavy atom. The Morgan fingerprint density at radius 1 is 1.09 bits per heavy atom. The fraction of sp³-hybridized carbons (Fsp3) is 0.444. The van der Waals surface area contributed by atoms with Gasteiger partial charge in [0.25, 0.3) is 0 Å². The van der Waals surface area contributed by atoms with Crippen LogP contribution in [0.5, 0.6) is 5.75 Å². The number of piperazine rings is 1. The topological polar surface area (TPSA) is 41.5 Å². The van der Waals surface area contributed by atoms with Crippen molar-refractivity contribution < 1.29 is 4.74 Å². The highest BCUT2D eigenvalue weighted by atomic mass is 16.5. The number of fused-ring (bicyclic) bond motifs is 1. The molecule has 3 heterocycles. The number of anilines is 1. The largest absolute Gasteiger partial charge is 0.493 e. The zero-order valence-corrected chi connectivity index (χ0v) is 13.5. The zero-order chi connectivity index (χ0) is 15.6. The summed E-state index contributed by atoms with van der Waals surface area (Å²) in [6.45, 7) is 7.86. The molecule has 23 heavy (non-hydrogen) atoms. The van der Waals surface area contributed by atoms with E-state index in [0.29, 0.717) is 0 Å². The Kier molecular flexibility index (Phi) is 3.87. The average Bonchev–Trinajstić information content (AvgIpc) is 3.04. The van der Waals surface area contributed by atoms with Crippen molar-refractivity contribution in [1.82, 2.24) is 14.9 Å². The second-order valence-electron chi connectivity index (χ2n) is 6.36. The summed E-state index contributed by atoms with van der Waals surface area (Å²) >= 11 is 0. The highest BCUT2D eigenvalue weighted by Gasteiger charge is 2.20. The number of aromatic nitrogens is 2.